The van der Waals surface area contributed by atoms with E-state index in [4.69, 9.17) is 5.73 Å². The first-order chi connectivity index (χ1) is 11.9. The van der Waals surface area contributed by atoms with E-state index in [-0.39, 0.29) is 0 Å². The van der Waals surface area contributed by atoms with Crippen molar-refractivity contribution >= 4 is 20.9 Å². The molecule has 0 aliphatic carbocycles. The number of halogens is 3. The van der Waals surface area contributed by atoms with Crippen molar-refractivity contribution in [1.29, 1.82) is 0 Å². The van der Waals surface area contributed by atoms with Gasteiger partial charge in [0.05, 0.1) is 16.0 Å². The number of hydrogen-bond donors (Lipinski definition) is 1. The van der Waals surface area contributed by atoms with Gasteiger partial charge in [-0.2, -0.15) is 13.2 Å². The Labute approximate surface area is 149 Å². The van der Waals surface area contributed by atoms with Gasteiger partial charge in [0.1, 0.15) is 0 Å². The van der Waals surface area contributed by atoms with Crippen molar-refractivity contribution in [1.82, 2.24) is 3.97 Å². The number of benzene rings is 2. The number of fused-ring (bicyclic) bond motifs is 1. The maximum Gasteiger partial charge on any atom is 0.416 e. The van der Waals surface area contributed by atoms with Crippen LogP contribution in [0.3, 0.4) is 0 Å². The first-order valence-corrected chi connectivity index (χ1v) is 9.18. The van der Waals surface area contributed by atoms with E-state index in [0.29, 0.717) is 17.0 Å². The molecule has 26 heavy (non-hydrogen) atoms. The normalized spacial score (nSPS) is 13.3. The average molecular weight is 382 g/mol. The molecule has 2 aromatic carbocycles. The first-order valence-electron chi connectivity index (χ1n) is 7.74. The van der Waals surface area contributed by atoms with Crippen LogP contribution in [0.25, 0.3) is 10.9 Å². The Morgan fingerprint density at radius 3 is 2.27 bits per heavy atom. The molecule has 0 aliphatic rings. The first kappa shape index (κ1) is 18.5. The van der Waals surface area contributed by atoms with E-state index in [9.17, 15) is 21.6 Å². The largest absolute Gasteiger partial charge is 0.416 e. The molecule has 0 bridgehead atoms. The molecule has 2 N–H and O–H groups in total. The summed E-state index contributed by atoms with van der Waals surface area (Å²) in [6, 6.07) is 10.4. The number of aromatic nitrogens is 1. The van der Waals surface area contributed by atoms with E-state index in [1.165, 1.54) is 6.20 Å². The summed E-state index contributed by atoms with van der Waals surface area (Å²) in [7, 11) is -4.19. The molecule has 0 unspecified atom stereocenters. The minimum atomic E-state index is -4.62. The summed E-state index contributed by atoms with van der Waals surface area (Å²) in [5.74, 6) is 0. The molecule has 0 aliphatic heterocycles. The van der Waals surface area contributed by atoms with E-state index in [2.05, 4.69) is 0 Å². The molecular weight excluding hydrogens is 365 g/mol. The molecule has 1 heterocycles. The third kappa shape index (κ3) is 3.10. The minimum Gasteiger partial charge on any atom is -0.322 e. The van der Waals surface area contributed by atoms with Crippen molar-refractivity contribution in [3.8, 4) is 0 Å². The molecule has 0 radical (unpaired) electrons. The number of nitrogens with two attached hydrogens (primary N) is 1. The fourth-order valence-corrected chi connectivity index (χ4v) is 4.25. The molecule has 1 aromatic heterocycles. The van der Waals surface area contributed by atoms with E-state index in [0.717, 1.165) is 27.7 Å². The molecule has 0 saturated carbocycles. The molecule has 138 valence electrons. The second-order valence-electron chi connectivity index (χ2n) is 6.60. The lowest BCUT2D eigenvalue weighted by molar-refractivity contribution is -0.137. The molecule has 4 nitrogen and oxygen atoms in total. The predicted molar refractivity (Wildman–Crippen MR) is 93.2 cm³/mol. The predicted octanol–water partition coefficient (Wildman–Crippen LogP) is 4.09. The van der Waals surface area contributed by atoms with Crippen molar-refractivity contribution < 1.29 is 21.6 Å². The topological polar surface area (TPSA) is 65.1 Å². The summed E-state index contributed by atoms with van der Waals surface area (Å²) >= 11 is 0. The van der Waals surface area contributed by atoms with E-state index < -0.39 is 32.2 Å². The molecule has 0 atom stereocenters. The van der Waals surface area contributed by atoms with Gasteiger partial charge in [0, 0.05) is 17.1 Å². The van der Waals surface area contributed by atoms with Crippen molar-refractivity contribution in [2.24, 2.45) is 5.73 Å². The number of nitrogens with zero attached hydrogens (tertiary/aromatic N) is 1. The molecule has 3 aromatic rings. The molecule has 8 heteroatoms. The van der Waals surface area contributed by atoms with Crippen molar-refractivity contribution in [3.05, 3.63) is 65.9 Å². The van der Waals surface area contributed by atoms with Crippen molar-refractivity contribution in [2.45, 2.75) is 30.5 Å². The van der Waals surface area contributed by atoms with Crippen LogP contribution >= 0.6 is 0 Å². The highest BCUT2D eigenvalue weighted by molar-refractivity contribution is 7.90. The van der Waals surface area contributed by atoms with E-state index in [1.807, 2.05) is 0 Å². The monoisotopic (exact) mass is 382 g/mol. The average Bonchev–Trinajstić information content (AvgIpc) is 2.97. The SMILES string of the molecule is CC(C)(N)c1cccc2c1ccn2S(=O)(=O)c1cccc(C(F)(F)F)c1. The Kier molecular flexibility index (Phi) is 4.16. The Morgan fingerprint density at radius 1 is 1.00 bits per heavy atom. The molecule has 0 amide bonds. The number of hydrogen-bond acceptors (Lipinski definition) is 3. The summed E-state index contributed by atoms with van der Waals surface area (Å²) in [5, 5.41) is 0.635. The Balaban J connectivity index is 2.21. The van der Waals surface area contributed by atoms with Crippen LogP contribution in [0.1, 0.15) is 25.0 Å². The van der Waals surface area contributed by atoms with E-state index >= 15 is 0 Å². The van der Waals surface area contributed by atoms with Gasteiger partial charge in [-0.3, -0.25) is 0 Å². The van der Waals surface area contributed by atoms with Gasteiger partial charge in [0.25, 0.3) is 10.0 Å². The van der Waals surface area contributed by atoms with Gasteiger partial charge in [-0.1, -0.05) is 18.2 Å². The lowest BCUT2D eigenvalue weighted by atomic mass is 9.93. The van der Waals surface area contributed by atoms with Crippen molar-refractivity contribution in [3.63, 3.8) is 0 Å². The van der Waals surface area contributed by atoms with Crippen LogP contribution in [0.4, 0.5) is 13.2 Å². The third-order valence-corrected chi connectivity index (χ3v) is 5.80. The summed E-state index contributed by atoms with van der Waals surface area (Å²) in [6.07, 6.45) is -3.30. The number of rotatable bonds is 3. The summed E-state index contributed by atoms with van der Waals surface area (Å²) in [4.78, 5) is -0.428. The van der Waals surface area contributed by atoms with E-state index in [1.54, 1.807) is 38.1 Å². The fraction of sp³-hybridized carbons (Fsp3) is 0.222. The van der Waals surface area contributed by atoms with Gasteiger partial charge in [0.15, 0.2) is 0 Å². The molecule has 0 fully saturated rings. The lowest BCUT2D eigenvalue weighted by Crippen LogP contribution is -2.28. The Morgan fingerprint density at radius 2 is 1.65 bits per heavy atom. The van der Waals surface area contributed by atoms with Gasteiger partial charge >= 0.3 is 6.18 Å². The molecular formula is C18H17F3N2O2S. The zero-order valence-electron chi connectivity index (χ0n) is 14.1. The van der Waals surface area contributed by atoms with Crippen LogP contribution < -0.4 is 5.73 Å². The lowest BCUT2D eigenvalue weighted by Gasteiger charge is -2.20. The quantitative estimate of drug-likeness (QED) is 0.742. The summed E-state index contributed by atoms with van der Waals surface area (Å²) in [6.45, 7) is 3.58. The smallest absolute Gasteiger partial charge is 0.322 e. The highest BCUT2D eigenvalue weighted by Gasteiger charge is 2.32. The van der Waals surface area contributed by atoms with Crippen LogP contribution in [0.2, 0.25) is 0 Å². The standard InChI is InChI=1S/C18H17F3N2O2S/c1-17(2,22)15-7-4-8-16-14(15)9-10-23(16)26(24,25)13-6-3-5-12(11-13)18(19,20)21/h3-11H,22H2,1-2H3. The Bertz CT molecular complexity index is 1080. The molecule has 0 saturated heterocycles. The Hall–Kier alpha value is -2.32. The van der Waals surface area contributed by atoms with Crippen molar-refractivity contribution in [2.75, 3.05) is 0 Å². The second-order valence-corrected chi connectivity index (χ2v) is 8.42. The summed E-state index contributed by atoms with van der Waals surface area (Å²) in [5.41, 5.74) is 5.52. The van der Waals surface area contributed by atoms with Crippen LogP contribution in [0.15, 0.2) is 59.6 Å². The maximum atomic E-state index is 12.9. The van der Waals surface area contributed by atoms with Gasteiger partial charge in [-0.05, 0) is 49.7 Å². The zero-order chi connectivity index (χ0) is 19.3. The highest BCUT2D eigenvalue weighted by atomic mass is 32.2. The van der Waals surface area contributed by atoms with Gasteiger partial charge in [0.2, 0.25) is 0 Å². The van der Waals surface area contributed by atoms with Crippen LogP contribution in [0.5, 0.6) is 0 Å². The number of alkyl halides is 3. The summed E-state index contributed by atoms with van der Waals surface area (Å²) < 4.78 is 65.6. The minimum absolute atomic E-state index is 0.360. The van der Waals surface area contributed by atoms with Crippen LogP contribution in [0, 0.1) is 0 Å². The van der Waals surface area contributed by atoms with Gasteiger partial charge in [-0.25, -0.2) is 12.4 Å². The zero-order valence-corrected chi connectivity index (χ0v) is 14.9. The second kappa shape index (κ2) is 5.85. The highest BCUT2D eigenvalue weighted by Crippen LogP contribution is 2.33. The maximum absolute atomic E-state index is 12.9. The van der Waals surface area contributed by atoms with Crippen LogP contribution in [-0.4, -0.2) is 12.4 Å². The van der Waals surface area contributed by atoms with Gasteiger partial charge < -0.3 is 5.73 Å². The fourth-order valence-electron chi connectivity index (χ4n) is 2.86. The van der Waals surface area contributed by atoms with Crippen LogP contribution in [-0.2, 0) is 21.7 Å². The molecule has 0 spiro atoms. The third-order valence-electron chi connectivity index (χ3n) is 4.11. The van der Waals surface area contributed by atoms with Gasteiger partial charge in [-0.15, -0.1) is 0 Å². The molecule has 3 rings (SSSR count).